The number of pyridine rings is 1. The maximum absolute atomic E-state index is 12.4. The molecule has 2 aromatic rings. The molecule has 25 heavy (non-hydrogen) atoms. The van der Waals surface area contributed by atoms with Crippen LogP contribution in [0.1, 0.15) is 36.2 Å². The Hall–Kier alpha value is -2.76. The number of carbonyl (C=O) groups excluding carboxylic acids is 1. The Morgan fingerprint density at radius 2 is 1.76 bits per heavy atom. The van der Waals surface area contributed by atoms with Crippen molar-refractivity contribution in [3.8, 4) is 11.5 Å². The van der Waals surface area contributed by atoms with E-state index in [-0.39, 0.29) is 11.9 Å². The third-order valence-electron chi connectivity index (χ3n) is 4.51. The first-order chi connectivity index (χ1) is 12.3. The second kappa shape index (κ2) is 7.01. The highest BCUT2D eigenvalue weighted by Gasteiger charge is 2.19. The fourth-order valence-corrected chi connectivity index (χ4v) is 3.25. The van der Waals surface area contributed by atoms with Crippen LogP contribution in [0.4, 0.5) is 11.4 Å². The van der Waals surface area contributed by atoms with Crippen LogP contribution >= 0.6 is 0 Å². The molecule has 1 amide bonds. The molecule has 0 spiro atoms. The predicted molar refractivity (Wildman–Crippen MR) is 94.7 cm³/mol. The molecule has 4 rings (SSSR count). The van der Waals surface area contributed by atoms with Gasteiger partial charge in [0.1, 0.15) is 18.9 Å². The van der Waals surface area contributed by atoms with E-state index in [0.29, 0.717) is 18.9 Å². The molecule has 1 aliphatic heterocycles. The number of nitrogens with zero attached hydrogens (tertiary/aromatic N) is 1. The van der Waals surface area contributed by atoms with Gasteiger partial charge >= 0.3 is 0 Å². The van der Waals surface area contributed by atoms with Crippen molar-refractivity contribution in [2.45, 2.75) is 31.7 Å². The molecule has 0 bridgehead atoms. The number of ether oxygens (including phenoxy) is 2. The predicted octanol–water partition coefficient (Wildman–Crippen LogP) is 3.27. The fraction of sp³-hybridized carbons (Fsp3) is 0.368. The summed E-state index contributed by atoms with van der Waals surface area (Å²) in [6, 6.07) is 9.58. The highest BCUT2D eigenvalue weighted by molar-refractivity contribution is 5.93. The van der Waals surface area contributed by atoms with Crippen molar-refractivity contribution in [2.75, 3.05) is 18.5 Å². The standard InChI is InChI=1S/C19H21N3O3/c23-19(22-13-3-1-2-4-13)16-11-15(7-8-20-16)21-14-5-6-17-18(12-14)25-10-9-24-17/h5-8,11-13H,1-4,9-10H2,(H,20,21)(H,22,23). The SMILES string of the molecule is O=C(NC1CCCC1)c1cc(Nc2ccc3c(c2)OCCO3)ccn1. The fourth-order valence-electron chi connectivity index (χ4n) is 3.25. The van der Waals surface area contributed by atoms with Gasteiger partial charge in [-0.15, -0.1) is 0 Å². The molecule has 2 heterocycles. The highest BCUT2D eigenvalue weighted by atomic mass is 16.6. The third-order valence-corrected chi connectivity index (χ3v) is 4.51. The minimum Gasteiger partial charge on any atom is -0.486 e. The molecule has 0 saturated heterocycles. The van der Waals surface area contributed by atoms with Crippen molar-refractivity contribution in [2.24, 2.45) is 0 Å². The van der Waals surface area contributed by atoms with Gasteiger partial charge in [-0.25, -0.2) is 0 Å². The van der Waals surface area contributed by atoms with Crippen LogP contribution in [-0.2, 0) is 0 Å². The Kier molecular flexibility index (Phi) is 4.41. The summed E-state index contributed by atoms with van der Waals surface area (Å²) in [7, 11) is 0. The molecule has 2 aliphatic rings. The van der Waals surface area contributed by atoms with Crippen molar-refractivity contribution in [3.63, 3.8) is 0 Å². The van der Waals surface area contributed by atoms with Crippen molar-refractivity contribution in [3.05, 3.63) is 42.2 Å². The summed E-state index contributed by atoms with van der Waals surface area (Å²) in [4.78, 5) is 16.6. The number of amides is 1. The lowest BCUT2D eigenvalue weighted by atomic mass is 10.2. The summed E-state index contributed by atoms with van der Waals surface area (Å²) in [5.74, 6) is 1.37. The molecule has 1 aromatic carbocycles. The van der Waals surface area contributed by atoms with Gasteiger partial charge in [-0.3, -0.25) is 9.78 Å². The van der Waals surface area contributed by atoms with E-state index < -0.39 is 0 Å². The molecule has 0 radical (unpaired) electrons. The molecule has 6 nitrogen and oxygen atoms in total. The van der Waals surface area contributed by atoms with Crippen LogP contribution in [0, 0.1) is 0 Å². The number of hydrogen-bond acceptors (Lipinski definition) is 5. The van der Waals surface area contributed by atoms with E-state index in [0.717, 1.165) is 35.7 Å². The van der Waals surface area contributed by atoms with Crippen LogP contribution in [0.3, 0.4) is 0 Å². The van der Waals surface area contributed by atoms with Gasteiger partial charge in [0.2, 0.25) is 0 Å². The zero-order valence-corrected chi connectivity index (χ0v) is 14.0. The average molecular weight is 339 g/mol. The van der Waals surface area contributed by atoms with E-state index in [9.17, 15) is 4.79 Å². The topological polar surface area (TPSA) is 72.5 Å². The Labute approximate surface area is 146 Å². The van der Waals surface area contributed by atoms with Crippen LogP contribution in [-0.4, -0.2) is 30.1 Å². The normalized spacial score (nSPS) is 16.5. The first-order valence-electron chi connectivity index (χ1n) is 8.71. The summed E-state index contributed by atoms with van der Waals surface area (Å²) < 4.78 is 11.1. The molecular formula is C19H21N3O3. The Morgan fingerprint density at radius 3 is 2.60 bits per heavy atom. The number of hydrogen-bond donors (Lipinski definition) is 2. The number of rotatable bonds is 4. The summed E-state index contributed by atoms with van der Waals surface area (Å²) in [5, 5.41) is 6.35. The van der Waals surface area contributed by atoms with Gasteiger partial charge in [0.05, 0.1) is 0 Å². The number of aromatic nitrogens is 1. The summed E-state index contributed by atoms with van der Waals surface area (Å²) in [6.07, 6.45) is 6.12. The Morgan fingerprint density at radius 1 is 1.00 bits per heavy atom. The number of nitrogens with one attached hydrogen (secondary N) is 2. The number of fused-ring (bicyclic) bond motifs is 1. The van der Waals surface area contributed by atoms with E-state index in [2.05, 4.69) is 15.6 Å². The zero-order chi connectivity index (χ0) is 17.1. The lowest BCUT2D eigenvalue weighted by Crippen LogP contribution is -2.33. The minimum absolute atomic E-state index is 0.113. The largest absolute Gasteiger partial charge is 0.486 e. The Bertz CT molecular complexity index is 772. The van der Waals surface area contributed by atoms with Crippen LogP contribution in [0.25, 0.3) is 0 Å². The molecule has 130 valence electrons. The smallest absolute Gasteiger partial charge is 0.270 e. The van der Waals surface area contributed by atoms with Crippen LogP contribution < -0.4 is 20.1 Å². The molecule has 1 saturated carbocycles. The Balaban J connectivity index is 1.46. The van der Waals surface area contributed by atoms with E-state index in [1.165, 1.54) is 12.8 Å². The molecule has 0 unspecified atom stereocenters. The van der Waals surface area contributed by atoms with E-state index >= 15 is 0 Å². The summed E-state index contributed by atoms with van der Waals surface area (Å²) in [5.41, 5.74) is 2.11. The van der Waals surface area contributed by atoms with Gasteiger partial charge in [-0.2, -0.15) is 0 Å². The minimum atomic E-state index is -0.113. The average Bonchev–Trinajstić information content (AvgIpc) is 3.15. The van der Waals surface area contributed by atoms with Crippen LogP contribution in [0.5, 0.6) is 11.5 Å². The third kappa shape index (κ3) is 3.68. The maximum Gasteiger partial charge on any atom is 0.270 e. The number of anilines is 2. The molecule has 2 N–H and O–H groups in total. The van der Waals surface area contributed by atoms with Gasteiger partial charge in [0, 0.05) is 29.7 Å². The van der Waals surface area contributed by atoms with Crippen molar-refractivity contribution in [1.82, 2.24) is 10.3 Å². The lowest BCUT2D eigenvalue weighted by molar-refractivity contribution is 0.0933. The molecule has 1 aliphatic carbocycles. The van der Waals surface area contributed by atoms with E-state index in [1.807, 2.05) is 24.3 Å². The molecule has 1 fully saturated rings. The summed E-state index contributed by atoms with van der Waals surface area (Å²) in [6.45, 7) is 1.13. The zero-order valence-electron chi connectivity index (χ0n) is 14.0. The van der Waals surface area contributed by atoms with Gasteiger partial charge in [-0.05, 0) is 37.1 Å². The van der Waals surface area contributed by atoms with Gasteiger partial charge in [0.15, 0.2) is 11.5 Å². The second-order valence-corrected chi connectivity index (χ2v) is 6.37. The highest BCUT2D eigenvalue weighted by Crippen LogP contribution is 2.33. The van der Waals surface area contributed by atoms with Crippen LogP contribution in [0.15, 0.2) is 36.5 Å². The monoisotopic (exact) mass is 339 g/mol. The number of benzene rings is 1. The van der Waals surface area contributed by atoms with Crippen LogP contribution in [0.2, 0.25) is 0 Å². The number of carbonyl (C=O) groups is 1. The lowest BCUT2D eigenvalue weighted by Gasteiger charge is -2.19. The molecule has 6 heteroatoms. The van der Waals surface area contributed by atoms with Crippen molar-refractivity contribution < 1.29 is 14.3 Å². The van der Waals surface area contributed by atoms with Crippen molar-refractivity contribution >= 4 is 17.3 Å². The van der Waals surface area contributed by atoms with Crippen molar-refractivity contribution in [1.29, 1.82) is 0 Å². The van der Waals surface area contributed by atoms with Gasteiger partial charge in [-0.1, -0.05) is 12.8 Å². The maximum atomic E-state index is 12.4. The quantitative estimate of drug-likeness (QED) is 0.894. The molecule has 0 atom stereocenters. The van der Waals surface area contributed by atoms with E-state index in [4.69, 9.17) is 9.47 Å². The summed E-state index contributed by atoms with van der Waals surface area (Å²) >= 11 is 0. The van der Waals surface area contributed by atoms with E-state index in [1.54, 1.807) is 12.3 Å². The molecule has 1 aromatic heterocycles. The molecular weight excluding hydrogens is 318 g/mol. The first kappa shape index (κ1) is 15.7. The van der Waals surface area contributed by atoms with Gasteiger partial charge < -0.3 is 20.1 Å². The van der Waals surface area contributed by atoms with Gasteiger partial charge in [0.25, 0.3) is 5.91 Å². The second-order valence-electron chi connectivity index (χ2n) is 6.37. The first-order valence-corrected chi connectivity index (χ1v) is 8.71.